The molecule has 0 aliphatic carbocycles. The first-order valence-corrected chi connectivity index (χ1v) is 21.1. The zero-order valence-electron chi connectivity index (χ0n) is 25.7. The van der Waals surface area contributed by atoms with E-state index in [1.54, 1.807) is 0 Å². The van der Waals surface area contributed by atoms with Crippen LogP contribution in [0.15, 0.2) is 164 Å². The second kappa shape index (κ2) is 9.88. The van der Waals surface area contributed by atoms with Gasteiger partial charge in [-0.25, -0.2) is 0 Å². The third-order valence-corrected chi connectivity index (χ3v) is 19.7. The maximum Gasteiger partial charge on any atom is 0.172 e. The molecule has 228 valence electrons. The molecule has 3 aliphatic heterocycles. The highest BCUT2D eigenvalue weighted by atomic mass is 31.2. The molecular weight excluding hydrogens is 645 g/mol. The smallest absolute Gasteiger partial charge is 0.172 e. The first-order valence-electron chi connectivity index (χ1n) is 16.0. The summed E-state index contributed by atoms with van der Waals surface area (Å²) in [5.74, 6) is 0. The van der Waals surface area contributed by atoms with Gasteiger partial charge in [-0.1, -0.05) is 146 Å². The maximum absolute atomic E-state index is 16.0. The van der Waals surface area contributed by atoms with Crippen LogP contribution in [0.1, 0.15) is 0 Å². The van der Waals surface area contributed by atoms with Crippen molar-refractivity contribution in [1.29, 1.82) is 0 Å². The summed E-state index contributed by atoms with van der Waals surface area (Å²) in [6, 6.07) is 53.0. The molecule has 0 aromatic heterocycles. The Labute approximate surface area is 279 Å². The fourth-order valence-electron chi connectivity index (χ4n) is 8.20. The van der Waals surface area contributed by atoms with Gasteiger partial charge in [-0.3, -0.25) is 0 Å². The molecule has 3 nitrogen and oxygen atoms in total. The lowest BCUT2D eigenvalue weighted by Gasteiger charge is -2.24. The standard InChI is InChI=1S/C42H27O3P3/c43-46(37-19-7-1-13-31(37)32-14-2-8-20-38(32)46)28-25-29(47(44)39-21-9-3-15-33(39)34-16-4-10-22-40(34)47)27-30(26-28)48(45)41-23-11-5-17-35(41)36-18-6-12-24-42(36)48/h1-27H. The van der Waals surface area contributed by atoms with Crippen LogP contribution in [-0.2, 0) is 13.7 Å². The first-order chi connectivity index (χ1) is 23.4. The van der Waals surface area contributed by atoms with Crippen LogP contribution in [0, 0.1) is 0 Å². The van der Waals surface area contributed by atoms with Gasteiger partial charge in [-0.05, 0) is 51.6 Å². The second-order valence-electron chi connectivity index (χ2n) is 12.6. The molecule has 0 atom stereocenters. The quantitative estimate of drug-likeness (QED) is 0.200. The van der Waals surface area contributed by atoms with E-state index in [1.165, 1.54) is 0 Å². The number of benzene rings is 7. The molecule has 0 radical (unpaired) electrons. The summed E-state index contributed by atoms with van der Waals surface area (Å²) in [4.78, 5) is 0. The Kier molecular flexibility index (Phi) is 5.82. The van der Waals surface area contributed by atoms with Gasteiger partial charge in [0.05, 0.1) is 0 Å². The van der Waals surface area contributed by atoms with Crippen molar-refractivity contribution in [2.24, 2.45) is 0 Å². The van der Waals surface area contributed by atoms with E-state index < -0.39 is 21.4 Å². The molecule has 0 unspecified atom stereocenters. The summed E-state index contributed by atoms with van der Waals surface area (Å²) in [6.45, 7) is 0. The summed E-state index contributed by atoms with van der Waals surface area (Å²) in [7, 11) is -10.4. The van der Waals surface area contributed by atoms with Crippen molar-refractivity contribution in [3.63, 3.8) is 0 Å². The first kappa shape index (κ1) is 28.3. The van der Waals surface area contributed by atoms with Crippen LogP contribution in [-0.4, -0.2) is 0 Å². The van der Waals surface area contributed by atoms with Gasteiger partial charge in [0.25, 0.3) is 0 Å². The van der Waals surface area contributed by atoms with Gasteiger partial charge in [0.2, 0.25) is 0 Å². The Balaban J connectivity index is 1.34. The minimum atomic E-state index is -3.48. The Morgan fingerprint density at radius 2 is 0.417 bits per heavy atom. The van der Waals surface area contributed by atoms with E-state index in [9.17, 15) is 0 Å². The lowest BCUT2D eigenvalue weighted by molar-refractivity contribution is 0.592. The molecule has 7 aromatic rings. The van der Waals surface area contributed by atoms with Crippen LogP contribution in [0.2, 0.25) is 0 Å². The molecule has 48 heavy (non-hydrogen) atoms. The van der Waals surface area contributed by atoms with Crippen LogP contribution in [0.4, 0.5) is 0 Å². The third-order valence-electron chi connectivity index (χ3n) is 10.3. The van der Waals surface area contributed by atoms with Crippen molar-refractivity contribution in [2.75, 3.05) is 0 Å². The fraction of sp³-hybridized carbons (Fsp3) is 0. The van der Waals surface area contributed by atoms with Crippen molar-refractivity contribution >= 4 is 69.2 Å². The van der Waals surface area contributed by atoms with Crippen molar-refractivity contribution < 1.29 is 13.7 Å². The fourth-order valence-corrected chi connectivity index (χ4v) is 17.9. The van der Waals surface area contributed by atoms with Crippen LogP contribution in [0.25, 0.3) is 33.4 Å². The Morgan fingerprint density at radius 1 is 0.250 bits per heavy atom. The molecule has 7 aromatic carbocycles. The van der Waals surface area contributed by atoms with Gasteiger partial charge in [0, 0.05) is 47.7 Å². The minimum Gasteiger partial charge on any atom is -0.309 e. The van der Waals surface area contributed by atoms with Gasteiger partial charge < -0.3 is 13.7 Å². The predicted molar refractivity (Wildman–Crippen MR) is 202 cm³/mol. The Bertz CT molecular complexity index is 2240. The van der Waals surface area contributed by atoms with E-state index in [1.807, 2.05) is 164 Å². The van der Waals surface area contributed by atoms with Crippen LogP contribution in [0.5, 0.6) is 0 Å². The number of hydrogen-bond acceptors (Lipinski definition) is 3. The topological polar surface area (TPSA) is 51.2 Å². The minimum absolute atomic E-state index is 0.557. The van der Waals surface area contributed by atoms with Crippen LogP contribution in [0.3, 0.4) is 0 Å². The number of hydrogen-bond donors (Lipinski definition) is 0. The Morgan fingerprint density at radius 3 is 0.604 bits per heavy atom. The average Bonchev–Trinajstić information content (AvgIpc) is 3.69. The highest BCUT2D eigenvalue weighted by molar-refractivity contribution is 7.89. The van der Waals surface area contributed by atoms with E-state index in [2.05, 4.69) is 0 Å². The summed E-state index contributed by atoms with van der Waals surface area (Å²) in [6.07, 6.45) is 0. The maximum atomic E-state index is 16.0. The van der Waals surface area contributed by atoms with E-state index in [0.29, 0.717) is 15.9 Å². The molecule has 0 N–H and O–H groups in total. The van der Waals surface area contributed by atoms with Gasteiger partial charge in [-0.2, -0.15) is 0 Å². The van der Waals surface area contributed by atoms with Gasteiger partial charge >= 0.3 is 0 Å². The van der Waals surface area contributed by atoms with Crippen molar-refractivity contribution in [1.82, 2.24) is 0 Å². The molecule has 6 heteroatoms. The van der Waals surface area contributed by atoms with E-state index in [4.69, 9.17) is 0 Å². The molecule has 0 spiro atoms. The predicted octanol–water partition coefficient (Wildman–Crippen LogP) is 6.55. The van der Waals surface area contributed by atoms with Crippen LogP contribution >= 0.6 is 21.4 Å². The lowest BCUT2D eigenvalue weighted by atomic mass is 10.1. The van der Waals surface area contributed by atoms with E-state index in [-0.39, 0.29) is 0 Å². The highest BCUT2D eigenvalue weighted by Gasteiger charge is 2.47. The molecular formula is C42H27O3P3. The summed E-state index contributed by atoms with van der Waals surface area (Å²) >= 11 is 0. The summed E-state index contributed by atoms with van der Waals surface area (Å²) in [5, 5.41) is 6.20. The summed E-state index contributed by atoms with van der Waals surface area (Å²) in [5.41, 5.74) is 5.64. The largest absolute Gasteiger partial charge is 0.309 e. The van der Waals surface area contributed by atoms with Crippen molar-refractivity contribution in [2.45, 2.75) is 0 Å². The van der Waals surface area contributed by atoms with Crippen molar-refractivity contribution in [3.05, 3.63) is 164 Å². The molecule has 3 heterocycles. The van der Waals surface area contributed by atoms with E-state index >= 15 is 13.7 Å². The number of fused-ring (bicyclic) bond motifs is 9. The van der Waals surface area contributed by atoms with Gasteiger partial charge in [0.15, 0.2) is 21.4 Å². The average molecular weight is 673 g/mol. The molecule has 3 aliphatic rings. The SMILES string of the molecule is O=P1(c2cc(P3(=O)c4ccccc4-c4ccccc43)cc(P3(=O)c4ccccc4-c4ccccc43)c2)c2ccccc2-c2ccccc21. The number of rotatable bonds is 3. The molecule has 0 saturated carbocycles. The normalized spacial score (nSPS) is 16.2. The molecule has 0 saturated heterocycles. The monoisotopic (exact) mass is 672 g/mol. The third kappa shape index (κ3) is 3.44. The highest BCUT2D eigenvalue weighted by Crippen LogP contribution is 2.57. The second-order valence-corrected chi connectivity index (χ2v) is 20.7. The van der Waals surface area contributed by atoms with Crippen LogP contribution < -0.4 is 47.7 Å². The van der Waals surface area contributed by atoms with Crippen molar-refractivity contribution in [3.8, 4) is 33.4 Å². The van der Waals surface area contributed by atoms with E-state index in [0.717, 1.165) is 65.2 Å². The Hall–Kier alpha value is -4.77. The molecule has 10 rings (SSSR count). The summed E-state index contributed by atoms with van der Waals surface area (Å²) < 4.78 is 48.0. The van der Waals surface area contributed by atoms with Gasteiger partial charge in [0.1, 0.15) is 0 Å². The zero-order chi connectivity index (χ0) is 32.3. The molecule has 0 bridgehead atoms. The molecule has 0 fully saturated rings. The molecule has 0 amide bonds. The zero-order valence-corrected chi connectivity index (χ0v) is 28.3. The lowest BCUT2D eigenvalue weighted by Crippen LogP contribution is -2.33. The van der Waals surface area contributed by atoms with Gasteiger partial charge in [-0.15, -0.1) is 0 Å².